The summed E-state index contributed by atoms with van der Waals surface area (Å²) in [7, 11) is 1.69. The van der Waals surface area contributed by atoms with Gasteiger partial charge in [0.2, 0.25) is 5.95 Å². The normalized spacial score (nSPS) is 12.4. The number of benzene rings is 1. The van der Waals surface area contributed by atoms with E-state index in [9.17, 15) is 0 Å². The second kappa shape index (κ2) is 6.41. The summed E-state index contributed by atoms with van der Waals surface area (Å²) in [4.78, 5) is 4.31. The molecule has 0 radical (unpaired) electrons. The summed E-state index contributed by atoms with van der Waals surface area (Å²) in [6.45, 7) is 2.71. The second-order valence-electron chi connectivity index (χ2n) is 4.22. The highest BCUT2D eigenvalue weighted by molar-refractivity contribution is 9.10. The van der Waals surface area contributed by atoms with Crippen molar-refractivity contribution in [2.24, 2.45) is 0 Å². The first-order chi connectivity index (χ1) is 9.11. The van der Waals surface area contributed by atoms with Crippen LogP contribution >= 0.6 is 27.5 Å². The molecular weight excluding hydrogens is 330 g/mol. The number of halogens is 2. The molecule has 0 aliphatic rings. The van der Waals surface area contributed by atoms with Crippen LogP contribution in [0.4, 0.5) is 11.6 Å². The standard InChI is InChI=1S/C13H15BrClN3O/c1-9(8-19-2)18-6-5-16-13(18)17-10-3-4-11(14)12(15)7-10/h3-7,9H,8H2,1-2H3,(H,16,17). The molecule has 0 amide bonds. The number of anilines is 2. The summed E-state index contributed by atoms with van der Waals surface area (Å²) >= 11 is 9.44. The van der Waals surface area contributed by atoms with E-state index in [0.717, 1.165) is 16.1 Å². The molecule has 1 unspecified atom stereocenters. The van der Waals surface area contributed by atoms with Crippen molar-refractivity contribution in [3.05, 3.63) is 40.1 Å². The minimum atomic E-state index is 0.209. The fraction of sp³-hybridized carbons (Fsp3) is 0.308. The van der Waals surface area contributed by atoms with Gasteiger partial charge in [0, 0.05) is 29.7 Å². The quantitative estimate of drug-likeness (QED) is 0.881. The summed E-state index contributed by atoms with van der Waals surface area (Å²) in [5, 5.41) is 3.91. The van der Waals surface area contributed by atoms with Crippen molar-refractivity contribution in [3.8, 4) is 0 Å². The lowest BCUT2D eigenvalue weighted by Gasteiger charge is -2.16. The molecule has 0 aliphatic heterocycles. The van der Waals surface area contributed by atoms with Crippen LogP contribution in [0.3, 0.4) is 0 Å². The molecule has 1 N–H and O–H groups in total. The Morgan fingerprint density at radius 2 is 2.32 bits per heavy atom. The molecule has 0 spiro atoms. The third kappa shape index (κ3) is 3.49. The highest BCUT2D eigenvalue weighted by Gasteiger charge is 2.10. The number of rotatable bonds is 5. The zero-order chi connectivity index (χ0) is 13.8. The van der Waals surface area contributed by atoms with Gasteiger partial charge >= 0.3 is 0 Å². The van der Waals surface area contributed by atoms with Crippen LogP contribution in [0.25, 0.3) is 0 Å². The zero-order valence-electron chi connectivity index (χ0n) is 10.7. The fourth-order valence-electron chi connectivity index (χ4n) is 1.79. The van der Waals surface area contributed by atoms with E-state index in [0.29, 0.717) is 11.6 Å². The molecule has 1 aromatic heterocycles. The molecule has 6 heteroatoms. The van der Waals surface area contributed by atoms with Gasteiger partial charge in [0.1, 0.15) is 0 Å². The molecular formula is C13H15BrClN3O. The number of nitrogens with zero attached hydrogens (tertiary/aromatic N) is 2. The van der Waals surface area contributed by atoms with Gasteiger partial charge in [-0.15, -0.1) is 0 Å². The third-order valence-electron chi connectivity index (χ3n) is 2.73. The summed E-state index contributed by atoms with van der Waals surface area (Å²) in [6.07, 6.45) is 3.68. The molecule has 1 atom stereocenters. The molecule has 0 saturated carbocycles. The Kier molecular flexibility index (Phi) is 4.85. The van der Waals surface area contributed by atoms with Gasteiger partial charge in [-0.1, -0.05) is 11.6 Å². The lowest BCUT2D eigenvalue weighted by molar-refractivity contribution is 0.163. The van der Waals surface area contributed by atoms with Gasteiger partial charge in [0.05, 0.1) is 17.7 Å². The minimum Gasteiger partial charge on any atom is -0.383 e. The Morgan fingerprint density at radius 1 is 1.53 bits per heavy atom. The largest absolute Gasteiger partial charge is 0.383 e. The van der Waals surface area contributed by atoms with Crippen molar-refractivity contribution < 1.29 is 4.74 Å². The van der Waals surface area contributed by atoms with E-state index in [4.69, 9.17) is 16.3 Å². The van der Waals surface area contributed by atoms with Crippen LogP contribution < -0.4 is 5.32 Å². The predicted octanol–water partition coefficient (Wildman–Crippen LogP) is 4.25. The monoisotopic (exact) mass is 343 g/mol. The molecule has 4 nitrogen and oxygen atoms in total. The zero-order valence-corrected chi connectivity index (χ0v) is 13.1. The molecule has 0 bridgehead atoms. The van der Waals surface area contributed by atoms with Gasteiger partial charge < -0.3 is 14.6 Å². The third-order valence-corrected chi connectivity index (χ3v) is 3.96. The number of nitrogens with one attached hydrogen (secondary N) is 1. The van der Waals surface area contributed by atoms with Gasteiger partial charge in [-0.05, 0) is 41.1 Å². The van der Waals surface area contributed by atoms with E-state index in [1.54, 1.807) is 13.3 Å². The fourth-order valence-corrected chi connectivity index (χ4v) is 2.22. The maximum absolute atomic E-state index is 6.07. The predicted molar refractivity (Wildman–Crippen MR) is 81.2 cm³/mol. The summed E-state index contributed by atoms with van der Waals surface area (Å²) in [5.41, 5.74) is 0.894. The molecule has 19 heavy (non-hydrogen) atoms. The van der Waals surface area contributed by atoms with Crippen LogP contribution in [0.1, 0.15) is 13.0 Å². The SMILES string of the molecule is COCC(C)n1ccnc1Nc1ccc(Br)c(Cl)c1. The first-order valence-electron chi connectivity index (χ1n) is 5.85. The Morgan fingerprint density at radius 3 is 3.00 bits per heavy atom. The van der Waals surface area contributed by atoms with E-state index in [1.807, 2.05) is 29.0 Å². The summed E-state index contributed by atoms with van der Waals surface area (Å²) in [5.74, 6) is 0.767. The number of ether oxygens (including phenoxy) is 1. The smallest absolute Gasteiger partial charge is 0.207 e. The summed E-state index contributed by atoms with van der Waals surface area (Å²) < 4.78 is 8.06. The molecule has 1 heterocycles. The van der Waals surface area contributed by atoms with Crippen molar-refractivity contribution in [2.75, 3.05) is 19.0 Å². The van der Waals surface area contributed by atoms with Gasteiger partial charge in [0.25, 0.3) is 0 Å². The van der Waals surface area contributed by atoms with Gasteiger partial charge in [0.15, 0.2) is 0 Å². The van der Waals surface area contributed by atoms with E-state index in [1.165, 1.54) is 0 Å². The molecule has 0 aliphatic carbocycles. The van der Waals surface area contributed by atoms with Crippen LogP contribution in [-0.2, 0) is 4.74 Å². The second-order valence-corrected chi connectivity index (χ2v) is 5.48. The molecule has 102 valence electrons. The molecule has 0 fully saturated rings. The number of aromatic nitrogens is 2. The maximum atomic E-state index is 6.07. The highest BCUT2D eigenvalue weighted by atomic mass is 79.9. The van der Waals surface area contributed by atoms with Crippen LogP contribution in [-0.4, -0.2) is 23.3 Å². The first-order valence-corrected chi connectivity index (χ1v) is 7.02. The molecule has 2 aromatic rings. The van der Waals surface area contributed by atoms with E-state index in [2.05, 4.69) is 33.2 Å². The van der Waals surface area contributed by atoms with Gasteiger partial charge in [-0.25, -0.2) is 4.98 Å². The van der Waals surface area contributed by atoms with Crippen LogP contribution in [0, 0.1) is 0 Å². The van der Waals surface area contributed by atoms with Crippen molar-refractivity contribution in [3.63, 3.8) is 0 Å². The lowest BCUT2D eigenvalue weighted by Crippen LogP contribution is -2.12. The lowest BCUT2D eigenvalue weighted by atomic mass is 10.3. The average molecular weight is 345 g/mol. The molecule has 1 aromatic carbocycles. The van der Waals surface area contributed by atoms with Crippen LogP contribution in [0.5, 0.6) is 0 Å². The van der Waals surface area contributed by atoms with Gasteiger partial charge in [-0.2, -0.15) is 0 Å². The molecule has 0 saturated heterocycles. The molecule has 2 rings (SSSR count). The highest BCUT2D eigenvalue weighted by Crippen LogP contribution is 2.27. The average Bonchev–Trinajstić information content (AvgIpc) is 2.82. The maximum Gasteiger partial charge on any atom is 0.207 e. The van der Waals surface area contributed by atoms with E-state index >= 15 is 0 Å². The Labute approximate surface area is 125 Å². The van der Waals surface area contributed by atoms with Crippen LogP contribution in [0.2, 0.25) is 5.02 Å². The number of methoxy groups -OCH3 is 1. The topological polar surface area (TPSA) is 39.1 Å². The Balaban J connectivity index is 2.19. The van der Waals surface area contributed by atoms with Crippen molar-refractivity contribution in [2.45, 2.75) is 13.0 Å². The number of imidazole rings is 1. The Bertz CT molecular complexity index is 559. The Hall–Kier alpha value is -1.04. The van der Waals surface area contributed by atoms with Crippen molar-refractivity contribution in [1.82, 2.24) is 9.55 Å². The van der Waals surface area contributed by atoms with Crippen molar-refractivity contribution >= 4 is 39.2 Å². The minimum absolute atomic E-state index is 0.209. The van der Waals surface area contributed by atoms with E-state index in [-0.39, 0.29) is 6.04 Å². The van der Waals surface area contributed by atoms with Crippen molar-refractivity contribution in [1.29, 1.82) is 0 Å². The van der Waals surface area contributed by atoms with Crippen LogP contribution in [0.15, 0.2) is 35.1 Å². The first kappa shape index (κ1) is 14.4. The number of hydrogen-bond acceptors (Lipinski definition) is 3. The van der Waals surface area contributed by atoms with E-state index < -0.39 is 0 Å². The van der Waals surface area contributed by atoms with Gasteiger partial charge in [-0.3, -0.25) is 0 Å². The summed E-state index contributed by atoms with van der Waals surface area (Å²) in [6, 6.07) is 5.90. The number of hydrogen-bond donors (Lipinski definition) is 1.